The zero-order valence-corrected chi connectivity index (χ0v) is 14.5. The lowest BCUT2D eigenvalue weighted by Crippen LogP contribution is -2.38. The number of piperidine rings is 1. The summed E-state index contributed by atoms with van der Waals surface area (Å²) in [6, 6.07) is 7.53. The average molecular weight is 378 g/mol. The molecule has 0 aromatic carbocycles. The third-order valence-electron chi connectivity index (χ3n) is 4.21. The lowest BCUT2D eigenvalue weighted by atomic mass is 9.96. The molecule has 0 saturated carbocycles. The van der Waals surface area contributed by atoms with Crippen LogP contribution < -0.4 is 5.32 Å². The number of nitrogens with zero attached hydrogens (tertiary/aromatic N) is 2. The topological polar surface area (TPSA) is 58.4 Å². The van der Waals surface area contributed by atoms with E-state index in [4.69, 9.17) is 4.42 Å². The van der Waals surface area contributed by atoms with E-state index in [9.17, 15) is 4.79 Å². The molecule has 1 aliphatic heterocycles. The van der Waals surface area contributed by atoms with Crippen molar-refractivity contribution in [3.8, 4) is 0 Å². The number of rotatable bonds is 5. The predicted octanol–water partition coefficient (Wildman–Crippen LogP) is 3.08. The highest BCUT2D eigenvalue weighted by Crippen LogP contribution is 2.19. The molecular weight excluding hydrogens is 358 g/mol. The van der Waals surface area contributed by atoms with Crippen LogP contribution in [0.3, 0.4) is 0 Å². The molecule has 3 rings (SSSR count). The molecule has 0 radical (unpaired) electrons. The number of likely N-dealkylation sites (tertiary alicyclic amines) is 1. The molecular formula is C17H20BrN3O2. The Kier molecular flexibility index (Phi) is 5.46. The summed E-state index contributed by atoms with van der Waals surface area (Å²) in [5, 5.41) is 2.97. The van der Waals surface area contributed by atoms with Crippen molar-refractivity contribution >= 4 is 21.8 Å². The molecule has 0 bridgehead atoms. The summed E-state index contributed by atoms with van der Waals surface area (Å²) in [6.07, 6.45) is 5.88. The molecule has 1 aliphatic rings. The van der Waals surface area contributed by atoms with E-state index in [-0.39, 0.29) is 5.91 Å². The first-order valence-corrected chi connectivity index (χ1v) is 8.65. The van der Waals surface area contributed by atoms with E-state index in [1.807, 2.05) is 12.4 Å². The van der Waals surface area contributed by atoms with Crippen LogP contribution in [0.1, 0.15) is 29.0 Å². The predicted molar refractivity (Wildman–Crippen MR) is 91.0 cm³/mol. The number of nitrogens with one attached hydrogen (secondary N) is 1. The molecule has 3 heterocycles. The number of aromatic nitrogens is 1. The Morgan fingerprint density at radius 2 is 2.00 bits per heavy atom. The highest BCUT2D eigenvalue weighted by atomic mass is 79.9. The molecule has 122 valence electrons. The van der Waals surface area contributed by atoms with Gasteiger partial charge in [0, 0.05) is 25.5 Å². The van der Waals surface area contributed by atoms with E-state index in [1.165, 1.54) is 5.56 Å². The Bertz CT molecular complexity index is 636. The van der Waals surface area contributed by atoms with E-state index in [1.54, 1.807) is 12.1 Å². The maximum atomic E-state index is 12.0. The number of furan rings is 1. The van der Waals surface area contributed by atoms with E-state index >= 15 is 0 Å². The van der Waals surface area contributed by atoms with Crippen LogP contribution in [0.25, 0.3) is 0 Å². The van der Waals surface area contributed by atoms with Gasteiger partial charge in [0.05, 0.1) is 0 Å². The third-order valence-corrected chi connectivity index (χ3v) is 4.64. The van der Waals surface area contributed by atoms with Gasteiger partial charge in [0.25, 0.3) is 5.91 Å². The summed E-state index contributed by atoms with van der Waals surface area (Å²) in [6.45, 7) is 3.81. The monoisotopic (exact) mass is 377 g/mol. The second kappa shape index (κ2) is 7.75. The van der Waals surface area contributed by atoms with E-state index in [0.29, 0.717) is 22.9 Å². The zero-order chi connectivity index (χ0) is 16.1. The van der Waals surface area contributed by atoms with Crippen LogP contribution in [0.4, 0.5) is 0 Å². The van der Waals surface area contributed by atoms with Crippen molar-refractivity contribution in [1.29, 1.82) is 0 Å². The fourth-order valence-corrected chi connectivity index (χ4v) is 3.16. The number of halogens is 1. The minimum absolute atomic E-state index is 0.144. The first-order valence-electron chi connectivity index (χ1n) is 7.85. The second-order valence-electron chi connectivity index (χ2n) is 5.89. The largest absolute Gasteiger partial charge is 0.444 e. The maximum Gasteiger partial charge on any atom is 0.287 e. The Balaban J connectivity index is 1.40. The Hall–Kier alpha value is -1.66. The van der Waals surface area contributed by atoms with Gasteiger partial charge in [-0.05, 0) is 77.6 Å². The number of carbonyl (C=O) groups is 1. The van der Waals surface area contributed by atoms with Crippen LogP contribution >= 0.6 is 15.9 Å². The van der Waals surface area contributed by atoms with Gasteiger partial charge in [-0.1, -0.05) is 0 Å². The molecule has 1 saturated heterocycles. The van der Waals surface area contributed by atoms with Crippen LogP contribution in [0.2, 0.25) is 0 Å². The van der Waals surface area contributed by atoms with Crippen molar-refractivity contribution in [3.63, 3.8) is 0 Å². The standard InChI is InChI=1S/C17H20BrN3O2/c18-16-2-1-15(23-16)17(22)20-11-13-5-9-21(10-6-13)12-14-3-7-19-8-4-14/h1-4,7-8,13H,5-6,9-12H2,(H,20,22). The summed E-state index contributed by atoms with van der Waals surface area (Å²) in [5.41, 5.74) is 1.30. The van der Waals surface area contributed by atoms with E-state index in [0.717, 1.165) is 32.5 Å². The van der Waals surface area contributed by atoms with Crippen LogP contribution in [0.15, 0.2) is 45.7 Å². The third kappa shape index (κ3) is 4.65. The molecule has 0 unspecified atom stereocenters. The minimum Gasteiger partial charge on any atom is -0.444 e. The van der Waals surface area contributed by atoms with Gasteiger partial charge in [-0.2, -0.15) is 0 Å². The van der Waals surface area contributed by atoms with Crippen molar-refractivity contribution in [2.45, 2.75) is 19.4 Å². The molecule has 1 fully saturated rings. The number of pyridine rings is 1. The van der Waals surface area contributed by atoms with Gasteiger partial charge < -0.3 is 9.73 Å². The van der Waals surface area contributed by atoms with E-state index < -0.39 is 0 Å². The van der Waals surface area contributed by atoms with E-state index in [2.05, 4.69) is 43.3 Å². The van der Waals surface area contributed by atoms with Gasteiger partial charge in [-0.15, -0.1) is 0 Å². The average Bonchev–Trinajstić information content (AvgIpc) is 3.01. The molecule has 6 heteroatoms. The normalized spacial score (nSPS) is 16.4. The molecule has 5 nitrogen and oxygen atoms in total. The second-order valence-corrected chi connectivity index (χ2v) is 6.67. The minimum atomic E-state index is -0.144. The van der Waals surface area contributed by atoms with Crippen molar-refractivity contribution in [2.75, 3.05) is 19.6 Å². The molecule has 1 N–H and O–H groups in total. The van der Waals surface area contributed by atoms with Crippen molar-refractivity contribution in [3.05, 3.63) is 52.7 Å². The quantitative estimate of drug-likeness (QED) is 0.869. The number of hydrogen-bond acceptors (Lipinski definition) is 4. The molecule has 0 aliphatic carbocycles. The summed E-state index contributed by atoms with van der Waals surface area (Å²) >= 11 is 3.21. The van der Waals surface area contributed by atoms with Gasteiger partial charge in [0.2, 0.25) is 0 Å². The van der Waals surface area contributed by atoms with Crippen molar-refractivity contribution < 1.29 is 9.21 Å². The van der Waals surface area contributed by atoms with Crippen LogP contribution in [-0.4, -0.2) is 35.4 Å². The van der Waals surface area contributed by atoms with Crippen LogP contribution in [-0.2, 0) is 6.54 Å². The molecule has 2 aromatic heterocycles. The zero-order valence-electron chi connectivity index (χ0n) is 12.9. The number of carbonyl (C=O) groups excluding carboxylic acids is 1. The highest BCUT2D eigenvalue weighted by Gasteiger charge is 2.20. The maximum absolute atomic E-state index is 12.0. The first-order chi connectivity index (χ1) is 11.2. The first kappa shape index (κ1) is 16.2. The summed E-state index contributed by atoms with van der Waals surface area (Å²) < 4.78 is 5.84. The Morgan fingerprint density at radius 1 is 1.26 bits per heavy atom. The molecule has 0 spiro atoms. The molecule has 1 amide bonds. The number of hydrogen-bond donors (Lipinski definition) is 1. The van der Waals surface area contributed by atoms with Gasteiger partial charge in [0.1, 0.15) is 0 Å². The summed E-state index contributed by atoms with van der Waals surface area (Å²) in [7, 11) is 0. The van der Waals surface area contributed by atoms with Gasteiger partial charge in [-0.25, -0.2) is 0 Å². The Morgan fingerprint density at radius 3 is 2.65 bits per heavy atom. The Labute approximate surface area is 144 Å². The summed E-state index contributed by atoms with van der Waals surface area (Å²) in [5.74, 6) is 0.743. The van der Waals surface area contributed by atoms with Crippen LogP contribution in [0.5, 0.6) is 0 Å². The van der Waals surface area contributed by atoms with Crippen LogP contribution in [0, 0.1) is 5.92 Å². The van der Waals surface area contributed by atoms with Crippen molar-refractivity contribution in [2.24, 2.45) is 5.92 Å². The van der Waals surface area contributed by atoms with Crippen molar-refractivity contribution in [1.82, 2.24) is 15.2 Å². The molecule has 0 atom stereocenters. The molecule has 2 aromatic rings. The lowest BCUT2D eigenvalue weighted by Gasteiger charge is -2.31. The highest BCUT2D eigenvalue weighted by molar-refractivity contribution is 9.10. The fraction of sp³-hybridized carbons (Fsp3) is 0.412. The van der Waals surface area contributed by atoms with Gasteiger partial charge in [0.15, 0.2) is 10.4 Å². The van der Waals surface area contributed by atoms with Gasteiger partial charge in [-0.3, -0.25) is 14.7 Å². The smallest absolute Gasteiger partial charge is 0.287 e. The summed E-state index contributed by atoms with van der Waals surface area (Å²) in [4.78, 5) is 18.5. The fourth-order valence-electron chi connectivity index (χ4n) is 2.86. The molecule has 23 heavy (non-hydrogen) atoms. The SMILES string of the molecule is O=C(NCC1CCN(Cc2ccncc2)CC1)c1ccc(Br)o1. The lowest BCUT2D eigenvalue weighted by molar-refractivity contribution is 0.0906. The van der Waals surface area contributed by atoms with Gasteiger partial charge >= 0.3 is 0 Å². The number of amides is 1.